The van der Waals surface area contributed by atoms with Crippen molar-refractivity contribution in [2.75, 3.05) is 6.54 Å². The summed E-state index contributed by atoms with van der Waals surface area (Å²) in [4.78, 5) is 0. The molecule has 0 heterocycles. The SMILES string of the molecule is NCC1(c2cc(F)ccc2OC2CC2)CCCCC1. The molecular weight excluding hydrogens is 241 g/mol. The monoisotopic (exact) mass is 263 g/mol. The lowest BCUT2D eigenvalue weighted by Crippen LogP contribution is -2.37. The van der Waals surface area contributed by atoms with E-state index in [1.807, 2.05) is 0 Å². The summed E-state index contributed by atoms with van der Waals surface area (Å²) in [7, 11) is 0. The summed E-state index contributed by atoms with van der Waals surface area (Å²) in [5, 5.41) is 0. The van der Waals surface area contributed by atoms with E-state index < -0.39 is 0 Å². The molecule has 104 valence electrons. The first kappa shape index (κ1) is 12.9. The van der Waals surface area contributed by atoms with Crippen LogP contribution < -0.4 is 10.5 Å². The first-order valence-electron chi connectivity index (χ1n) is 7.40. The summed E-state index contributed by atoms with van der Waals surface area (Å²) in [5.74, 6) is 0.674. The maximum absolute atomic E-state index is 13.7. The van der Waals surface area contributed by atoms with E-state index >= 15 is 0 Å². The van der Waals surface area contributed by atoms with Crippen LogP contribution in [0.5, 0.6) is 5.75 Å². The Morgan fingerprint density at radius 3 is 2.58 bits per heavy atom. The first-order valence-corrected chi connectivity index (χ1v) is 7.40. The van der Waals surface area contributed by atoms with Crippen molar-refractivity contribution in [3.63, 3.8) is 0 Å². The molecule has 0 atom stereocenters. The van der Waals surface area contributed by atoms with Gasteiger partial charge in [-0.15, -0.1) is 0 Å². The van der Waals surface area contributed by atoms with Gasteiger partial charge in [-0.2, -0.15) is 0 Å². The zero-order valence-corrected chi connectivity index (χ0v) is 11.3. The van der Waals surface area contributed by atoms with Gasteiger partial charge in [-0.25, -0.2) is 4.39 Å². The van der Waals surface area contributed by atoms with E-state index in [1.54, 1.807) is 12.1 Å². The van der Waals surface area contributed by atoms with E-state index in [9.17, 15) is 4.39 Å². The maximum atomic E-state index is 13.7. The largest absolute Gasteiger partial charge is 0.490 e. The molecule has 1 aromatic rings. The van der Waals surface area contributed by atoms with Gasteiger partial charge in [0.05, 0.1) is 6.10 Å². The van der Waals surface area contributed by atoms with Gasteiger partial charge in [0, 0.05) is 17.5 Å². The molecule has 3 rings (SSSR count). The molecule has 2 fully saturated rings. The van der Waals surface area contributed by atoms with Crippen LogP contribution in [-0.2, 0) is 5.41 Å². The quantitative estimate of drug-likeness (QED) is 0.902. The molecule has 19 heavy (non-hydrogen) atoms. The van der Waals surface area contributed by atoms with Gasteiger partial charge in [0.1, 0.15) is 11.6 Å². The zero-order valence-electron chi connectivity index (χ0n) is 11.3. The van der Waals surface area contributed by atoms with Gasteiger partial charge in [0.2, 0.25) is 0 Å². The smallest absolute Gasteiger partial charge is 0.123 e. The molecule has 2 N–H and O–H groups in total. The summed E-state index contributed by atoms with van der Waals surface area (Å²) in [6.07, 6.45) is 8.28. The molecule has 0 bridgehead atoms. The second kappa shape index (κ2) is 5.12. The lowest BCUT2D eigenvalue weighted by atomic mass is 9.69. The fourth-order valence-electron chi connectivity index (χ4n) is 3.20. The van der Waals surface area contributed by atoms with Crippen LogP contribution in [0.3, 0.4) is 0 Å². The van der Waals surface area contributed by atoms with Gasteiger partial charge in [0.15, 0.2) is 0 Å². The summed E-state index contributed by atoms with van der Waals surface area (Å²) < 4.78 is 19.6. The highest BCUT2D eigenvalue weighted by Crippen LogP contribution is 2.44. The van der Waals surface area contributed by atoms with Crippen LogP contribution in [0.1, 0.15) is 50.5 Å². The Balaban J connectivity index is 1.97. The van der Waals surface area contributed by atoms with Crippen LogP contribution in [0, 0.1) is 5.82 Å². The number of ether oxygens (including phenoxy) is 1. The van der Waals surface area contributed by atoms with Crippen molar-refractivity contribution in [1.82, 2.24) is 0 Å². The van der Waals surface area contributed by atoms with Gasteiger partial charge < -0.3 is 10.5 Å². The Hall–Kier alpha value is -1.09. The van der Waals surface area contributed by atoms with Crippen LogP contribution in [-0.4, -0.2) is 12.6 Å². The minimum Gasteiger partial charge on any atom is -0.490 e. The third-order valence-corrected chi connectivity index (χ3v) is 4.53. The number of nitrogens with two attached hydrogens (primary N) is 1. The standard InChI is InChI=1S/C16H22FNO/c17-12-4-7-15(19-13-5-6-13)14(10-12)16(11-18)8-2-1-3-9-16/h4,7,10,13H,1-3,5-6,8-9,11,18H2. The molecule has 0 spiro atoms. The first-order chi connectivity index (χ1) is 9.23. The number of hydrogen-bond acceptors (Lipinski definition) is 2. The number of hydrogen-bond donors (Lipinski definition) is 1. The van der Waals surface area contributed by atoms with Crippen molar-refractivity contribution in [2.24, 2.45) is 5.73 Å². The molecule has 0 aromatic heterocycles. The van der Waals surface area contributed by atoms with E-state index in [1.165, 1.54) is 25.3 Å². The predicted molar refractivity (Wildman–Crippen MR) is 73.9 cm³/mol. The van der Waals surface area contributed by atoms with Gasteiger partial charge in [0.25, 0.3) is 0 Å². The van der Waals surface area contributed by atoms with Crippen molar-refractivity contribution in [3.8, 4) is 5.75 Å². The van der Waals surface area contributed by atoms with Crippen molar-refractivity contribution in [3.05, 3.63) is 29.6 Å². The molecule has 1 aromatic carbocycles. The molecule has 0 radical (unpaired) electrons. The Labute approximate surface area is 114 Å². The molecule has 2 aliphatic carbocycles. The normalized spacial score (nSPS) is 22.2. The molecule has 0 saturated heterocycles. The van der Waals surface area contributed by atoms with Gasteiger partial charge >= 0.3 is 0 Å². The third kappa shape index (κ3) is 2.62. The van der Waals surface area contributed by atoms with Crippen LogP contribution in [0.15, 0.2) is 18.2 Å². The third-order valence-electron chi connectivity index (χ3n) is 4.53. The van der Waals surface area contributed by atoms with E-state index in [2.05, 4.69) is 0 Å². The van der Waals surface area contributed by atoms with E-state index in [-0.39, 0.29) is 11.2 Å². The molecule has 3 heteroatoms. The summed E-state index contributed by atoms with van der Waals surface area (Å²) in [5.41, 5.74) is 6.98. The molecule has 2 saturated carbocycles. The van der Waals surface area contributed by atoms with Gasteiger partial charge in [-0.3, -0.25) is 0 Å². The van der Waals surface area contributed by atoms with Gasteiger partial charge in [-0.1, -0.05) is 19.3 Å². The average molecular weight is 263 g/mol. The van der Waals surface area contributed by atoms with Crippen molar-refractivity contribution in [2.45, 2.75) is 56.5 Å². The second-order valence-electron chi connectivity index (χ2n) is 6.00. The maximum Gasteiger partial charge on any atom is 0.123 e. The number of benzene rings is 1. The molecule has 0 aliphatic heterocycles. The minimum absolute atomic E-state index is 0.0788. The highest BCUT2D eigenvalue weighted by atomic mass is 19.1. The molecule has 2 nitrogen and oxygen atoms in total. The van der Waals surface area contributed by atoms with E-state index in [0.29, 0.717) is 12.6 Å². The van der Waals surface area contributed by atoms with E-state index in [0.717, 1.165) is 37.0 Å². The van der Waals surface area contributed by atoms with Crippen LogP contribution >= 0.6 is 0 Å². The molecule has 0 unspecified atom stereocenters. The summed E-state index contributed by atoms with van der Waals surface area (Å²) in [6, 6.07) is 4.93. The highest BCUT2D eigenvalue weighted by Gasteiger charge is 2.36. The Morgan fingerprint density at radius 2 is 1.95 bits per heavy atom. The second-order valence-corrected chi connectivity index (χ2v) is 6.00. The summed E-state index contributed by atoms with van der Waals surface area (Å²) >= 11 is 0. The lowest BCUT2D eigenvalue weighted by molar-refractivity contribution is 0.262. The lowest BCUT2D eigenvalue weighted by Gasteiger charge is -2.37. The molecular formula is C16H22FNO. The van der Waals surface area contributed by atoms with Crippen molar-refractivity contribution >= 4 is 0 Å². The number of halogens is 1. The predicted octanol–water partition coefficient (Wildman–Crippen LogP) is 3.53. The zero-order chi connectivity index (χ0) is 13.3. The average Bonchev–Trinajstić information content (AvgIpc) is 3.25. The van der Waals surface area contributed by atoms with Crippen LogP contribution in [0.25, 0.3) is 0 Å². The van der Waals surface area contributed by atoms with Crippen molar-refractivity contribution in [1.29, 1.82) is 0 Å². The van der Waals surface area contributed by atoms with E-state index in [4.69, 9.17) is 10.5 Å². The minimum atomic E-state index is -0.184. The fraction of sp³-hybridized carbons (Fsp3) is 0.625. The summed E-state index contributed by atoms with van der Waals surface area (Å²) in [6.45, 7) is 0.581. The molecule has 2 aliphatic rings. The highest BCUT2D eigenvalue weighted by molar-refractivity contribution is 5.41. The fourth-order valence-corrected chi connectivity index (χ4v) is 3.20. The molecule has 0 amide bonds. The Kier molecular flexibility index (Phi) is 3.48. The van der Waals surface area contributed by atoms with Crippen LogP contribution in [0.2, 0.25) is 0 Å². The van der Waals surface area contributed by atoms with Crippen molar-refractivity contribution < 1.29 is 9.13 Å². The topological polar surface area (TPSA) is 35.2 Å². The Bertz CT molecular complexity index is 450. The Morgan fingerprint density at radius 1 is 1.21 bits per heavy atom. The van der Waals surface area contributed by atoms with Gasteiger partial charge in [-0.05, 0) is 43.9 Å². The number of rotatable bonds is 4. The van der Waals surface area contributed by atoms with Crippen LogP contribution in [0.4, 0.5) is 4.39 Å².